The number of rotatable bonds is 9. The lowest BCUT2D eigenvalue weighted by molar-refractivity contribution is 0.190. The third kappa shape index (κ3) is 6.50. The Labute approximate surface area is 139 Å². The Kier molecular flexibility index (Phi) is 8.53. The van der Waals surface area contributed by atoms with Crippen LogP contribution in [-0.2, 0) is 6.42 Å². The van der Waals surface area contributed by atoms with Gasteiger partial charge in [0.25, 0.3) is 0 Å². The molecule has 0 saturated carbocycles. The summed E-state index contributed by atoms with van der Waals surface area (Å²) in [5.74, 6) is 0.771. The highest BCUT2D eigenvalue weighted by molar-refractivity contribution is 9.10. The third-order valence-corrected chi connectivity index (χ3v) is 4.92. The molecule has 0 amide bonds. The quantitative estimate of drug-likeness (QED) is 0.709. The Morgan fingerprint density at radius 3 is 2.14 bits per heavy atom. The minimum Gasteiger partial charge on any atom is -0.312 e. The van der Waals surface area contributed by atoms with Gasteiger partial charge in [0.1, 0.15) is 0 Å². The SMILES string of the molecule is CCC(CC)C(CNC(C)Cc1ccc(Br)cc1)N(C)C. The topological polar surface area (TPSA) is 15.3 Å². The average molecular weight is 355 g/mol. The Hall–Kier alpha value is -0.380. The van der Waals surface area contributed by atoms with Gasteiger partial charge in [-0.3, -0.25) is 0 Å². The minimum atomic E-state index is 0.503. The van der Waals surface area contributed by atoms with Crippen molar-refractivity contribution in [2.75, 3.05) is 20.6 Å². The fraction of sp³-hybridized carbons (Fsp3) is 0.667. The first kappa shape index (κ1) is 18.7. The Bertz CT molecular complexity index is 385. The number of benzene rings is 1. The maximum absolute atomic E-state index is 3.72. The van der Waals surface area contributed by atoms with Gasteiger partial charge in [-0.2, -0.15) is 0 Å². The second-order valence-corrected chi connectivity index (χ2v) is 7.16. The molecular formula is C18H31BrN2. The van der Waals surface area contributed by atoms with Crippen molar-refractivity contribution in [2.45, 2.75) is 52.1 Å². The number of nitrogens with one attached hydrogen (secondary N) is 1. The van der Waals surface area contributed by atoms with Gasteiger partial charge in [0.05, 0.1) is 0 Å². The summed E-state index contributed by atoms with van der Waals surface area (Å²) in [5, 5.41) is 3.72. The molecule has 2 nitrogen and oxygen atoms in total. The molecule has 1 aromatic rings. The van der Waals surface area contributed by atoms with Gasteiger partial charge in [0.15, 0.2) is 0 Å². The van der Waals surface area contributed by atoms with Gasteiger partial charge in [0.2, 0.25) is 0 Å². The van der Waals surface area contributed by atoms with Gasteiger partial charge in [-0.1, -0.05) is 54.8 Å². The van der Waals surface area contributed by atoms with E-state index in [-0.39, 0.29) is 0 Å². The van der Waals surface area contributed by atoms with Gasteiger partial charge >= 0.3 is 0 Å². The molecule has 0 aliphatic carbocycles. The summed E-state index contributed by atoms with van der Waals surface area (Å²) in [6.45, 7) is 7.95. The molecule has 1 rings (SSSR count). The lowest BCUT2D eigenvalue weighted by Crippen LogP contribution is -2.45. The van der Waals surface area contributed by atoms with E-state index in [9.17, 15) is 0 Å². The van der Waals surface area contributed by atoms with Crippen LogP contribution < -0.4 is 5.32 Å². The van der Waals surface area contributed by atoms with Crippen LogP contribution in [0, 0.1) is 5.92 Å². The van der Waals surface area contributed by atoms with E-state index in [1.54, 1.807) is 0 Å². The van der Waals surface area contributed by atoms with Crippen molar-refractivity contribution in [1.29, 1.82) is 0 Å². The second-order valence-electron chi connectivity index (χ2n) is 6.25. The molecule has 2 atom stereocenters. The molecule has 1 aromatic carbocycles. The Morgan fingerprint density at radius 1 is 1.10 bits per heavy atom. The summed E-state index contributed by atoms with van der Waals surface area (Å²) < 4.78 is 1.15. The van der Waals surface area contributed by atoms with Crippen LogP contribution in [0.3, 0.4) is 0 Å². The molecule has 0 radical (unpaired) electrons. The van der Waals surface area contributed by atoms with Crippen LogP contribution in [0.2, 0.25) is 0 Å². The van der Waals surface area contributed by atoms with Crippen molar-refractivity contribution >= 4 is 15.9 Å². The van der Waals surface area contributed by atoms with Crippen molar-refractivity contribution in [3.8, 4) is 0 Å². The standard InChI is InChI=1S/C18H31BrN2/c1-6-16(7-2)18(21(4)5)13-20-14(3)12-15-8-10-17(19)11-9-15/h8-11,14,16,18,20H,6-7,12-13H2,1-5H3. The molecule has 0 heterocycles. The molecule has 3 heteroatoms. The van der Waals surface area contributed by atoms with Crippen LogP contribution in [0.5, 0.6) is 0 Å². The number of likely N-dealkylation sites (N-methyl/N-ethyl adjacent to an activating group) is 1. The maximum atomic E-state index is 3.72. The van der Waals surface area contributed by atoms with Crippen LogP contribution in [0.4, 0.5) is 0 Å². The van der Waals surface area contributed by atoms with Crippen molar-refractivity contribution < 1.29 is 0 Å². The number of hydrogen-bond acceptors (Lipinski definition) is 2. The maximum Gasteiger partial charge on any atom is 0.0242 e. The van der Waals surface area contributed by atoms with E-state index in [0.29, 0.717) is 12.1 Å². The van der Waals surface area contributed by atoms with Crippen molar-refractivity contribution in [3.05, 3.63) is 34.3 Å². The third-order valence-electron chi connectivity index (χ3n) is 4.39. The zero-order valence-corrected chi connectivity index (χ0v) is 15.8. The molecule has 0 aliphatic rings. The van der Waals surface area contributed by atoms with Gasteiger partial charge in [-0.25, -0.2) is 0 Å². The normalized spacial score (nSPS) is 14.7. The summed E-state index contributed by atoms with van der Waals surface area (Å²) in [6, 6.07) is 9.76. The van der Waals surface area contributed by atoms with E-state index in [1.165, 1.54) is 18.4 Å². The zero-order chi connectivity index (χ0) is 15.8. The highest BCUT2D eigenvalue weighted by Crippen LogP contribution is 2.17. The molecule has 0 bridgehead atoms. The lowest BCUT2D eigenvalue weighted by atomic mass is 9.93. The van der Waals surface area contributed by atoms with Gasteiger partial charge in [-0.05, 0) is 51.1 Å². The Morgan fingerprint density at radius 2 is 1.67 bits per heavy atom. The van der Waals surface area contributed by atoms with E-state index in [0.717, 1.165) is 23.4 Å². The first-order valence-corrected chi connectivity index (χ1v) is 8.91. The zero-order valence-electron chi connectivity index (χ0n) is 14.2. The molecule has 0 aromatic heterocycles. The fourth-order valence-corrected chi connectivity index (χ4v) is 3.24. The number of halogens is 1. The Balaban J connectivity index is 2.49. The largest absolute Gasteiger partial charge is 0.312 e. The fourth-order valence-electron chi connectivity index (χ4n) is 2.97. The summed E-state index contributed by atoms with van der Waals surface area (Å²) in [6.07, 6.45) is 3.58. The molecule has 1 N–H and O–H groups in total. The molecule has 0 aliphatic heterocycles. The predicted octanol–water partition coefficient (Wildman–Crippen LogP) is 4.34. The van der Waals surface area contributed by atoms with Crippen LogP contribution >= 0.6 is 15.9 Å². The van der Waals surface area contributed by atoms with Crippen LogP contribution in [0.25, 0.3) is 0 Å². The summed E-state index contributed by atoms with van der Waals surface area (Å²) in [7, 11) is 4.40. The van der Waals surface area contributed by atoms with Gasteiger partial charge < -0.3 is 10.2 Å². The smallest absolute Gasteiger partial charge is 0.0242 e. The molecular weight excluding hydrogens is 324 g/mol. The van der Waals surface area contributed by atoms with Crippen LogP contribution in [-0.4, -0.2) is 37.6 Å². The summed E-state index contributed by atoms with van der Waals surface area (Å²) in [4.78, 5) is 2.37. The van der Waals surface area contributed by atoms with E-state index in [2.05, 4.69) is 85.3 Å². The van der Waals surface area contributed by atoms with E-state index >= 15 is 0 Å². The predicted molar refractivity (Wildman–Crippen MR) is 96.9 cm³/mol. The monoisotopic (exact) mass is 354 g/mol. The molecule has 2 unspecified atom stereocenters. The van der Waals surface area contributed by atoms with Crippen molar-refractivity contribution in [1.82, 2.24) is 10.2 Å². The second kappa shape index (κ2) is 9.60. The highest BCUT2D eigenvalue weighted by Gasteiger charge is 2.20. The van der Waals surface area contributed by atoms with Gasteiger partial charge in [0, 0.05) is 23.1 Å². The van der Waals surface area contributed by atoms with Crippen molar-refractivity contribution in [3.63, 3.8) is 0 Å². The number of nitrogens with zero attached hydrogens (tertiary/aromatic N) is 1. The molecule has 0 spiro atoms. The minimum absolute atomic E-state index is 0.503. The molecule has 0 saturated heterocycles. The highest BCUT2D eigenvalue weighted by atomic mass is 79.9. The van der Waals surface area contributed by atoms with Gasteiger partial charge in [-0.15, -0.1) is 0 Å². The van der Waals surface area contributed by atoms with E-state index < -0.39 is 0 Å². The molecule has 0 fully saturated rings. The molecule has 21 heavy (non-hydrogen) atoms. The lowest BCUT2D eigenvalue weighted by Gasteiger charge is -2.32. The number of hydrogen-bond donors (Lipinski definition) is 1. The van der Waals surface area contributed by atoms with Crippen LogP contribution in [0.15, 0.2) is 28.7 Å². The summed E-state index contributed by atoms with van der Waals surface area (Å²) >= 11 is 3.49. The first-order chi connectivity index (χ1) is 9.97. The molecule has 120 valence electrons. The average Bonchev–Trinajstić information content (AvgIpc) is 2.45. The van der Waals surface area contributed by atoms with Crippen molar-refractivity contribution in [2.24, 2.45) is 5.92 Å². The summed E-state index contributed by atoms with van der Waals surface area (Å²) in [5.41, 5.74) is 1.39. The van der Waals surface area contributed by atoms with E-state index in [4.69, 9.17) is 0 Å². The van der Waals surface area contributed by atoms with E-state index in [1.807, 2.05) is 0 Å². The first-order valence-electron chi connectivity index (χ1n) is 8.12. The van der Waals surface area contributed by atoms with Crippen LogP contribution in [0.1, 0.15) is 39.2 Å².